The minimum absolute atomic E-state index is 1.15. The van der Waals surface area contributed by atoms with Crippen molar-refractivity contribution >= 4 is 0 Å². The first kappa shape index (κ1) is 5.83. The molecule has 0 amide bonds. The van der Waals surface area contributed by atoms with Gasteiger partial charge in [0.25, 0.3) is 0 Å². The zero-order valence-electron chi connectivity index (χ0n) is 5.95. The SMILES string of the molecule is C1=C[N]C(N2CCCC2)=C1. The summed E-state index contributed by atoms with van der Waals surface area (Å²) in [5, 5.41) is 4.22. The van der Waals surface area contributed by atoms with E-state index in [2.05, 4.69) is 16.3 Å². The Morgan fingerprint density at radius 3 is 2.70 bits per heavy atom. The summed E-state index contributed by atoms with van der Waals surface area (Å²) in [6, 6.07) is 0. The summed E-state index contributed by atoms with van der Waals surface area (Å²) >= 11 is 0. The summed E-state index contributed by atoms with van der Waals surface area (Å²) in [6.07, 6.45) is 8.58. The summed E-state index contributed by atoms with van der Waals surface area (Å²) in [6.45, 7) is 2.38. The Hall–Kier alpha value is -0.920. The molecule has 53 valence electrons. The number of likely N-dealkylation sites (tertiary alicyclic amines) is 1. The van der Waals surface area contributed by atoms with Gasteiger partial charge in [0.2, 0.25) is 0 Å². The maximum absolute atomic E-state index is 4.22. The quantitative estimate of drug-likeness (QED) is 0.525. The van der Waals surface area contributed by atoms with Crippen molar-refractivity contribution in [3.63, 3.8) is 0 Å². The Kier molecular flexibility index (Phi) is 1.38. The number of hydrogen-bond donors (Lipinski definition) is 0. The Labute approximate surface area is 61.2 Å². The van der Waals surface area contributed by atoms with Crippen LogP contribution in [0.3, 0.4) is 0 Å². The standard InChI is InChI=1S/C8H11N2/c1-2-7-10(6-1)8-4-3-5-9-8/h3-5H,1-2,6-7H2. The lowest BCUT2D eigenvalue weighted by molar-refractivity contribution is 0.405. The van der Waals surface area contributed by atoms with Crippen LogP contribution in [-0.2, 0) is 0 Å². The second-order valence-electron chi connectivity index (χ2n) is 2.69. The number of allylic oxidation sites excluding steroid dienone is 2. The molecule has 0 saturated carbocycles. The van der Waals surface area contributed by atoms with E-state index in [-0.39, 0.29) is 0 Å². The fourth-order valence-electron chi connectivity index (χ4n) is 1.42. The molecule has 2 rings (SSSR count). The van der Waals surface area contributed by atoms with Gasteiger partial charge in [-0.1, -0.05) is 0 Å². The number of hydrogen-bond acceptors (Lipinski definition) is 1. The maximum atomic E-state index is 4.22. The third kappa shape index (κ3) is 0.897. The van der Waals surface area contributed by atoms with Gasteiger partial charge >= 0.3 is 0 Å². The van der Waals surface area contributed by atoms with Crippen molar-refractivity contribution in [1.82, 2.24) is 10.2 Å². The normalized spacial score (nSPS) is 23.2. The van der Waals surface area contributed by atoms with E-state index in [0.717, 1.165) is 5.82 Å². The monoisotopic (exact) mass is 135 g/mol. The summed E-state index contributed by atoms with van der Waals surface area (Å²) in [7, 11) is 0. The molecule has 2 heterocycles. The zero-order chi connectivity index (χ0) is 6.81. The highest BCUT2D eigenvalue weighted by molar-refractivity contribution is 5.18. The van der Waals surface area contributed by atoms with Gasteiger partial charge in [-0.05, 0) is 25.0 Å². The largest absolute Gasteiger partial charge is 0.357 e. The van der Waals surface area contributed by atoms with Gasteiger partial charge in [-0.25, -0.2) is 5.32 Å². The molecule has 1 saturated heterocycles. The minimum atomic E-state index is 1.15. The lowest BCUT2D eigenvalue weighted by atomic mass is 10.4. The van der Waals surface area contributed by atoms with Crippen molar-refractivity contribution in [1.29, 1.82) is 0 Å². The fraction of sp³-hybridized carbons (Fsp3) is 0.500. The number of rotatable bonds is 1. The molecule has 1 fully saturated rings. The predicted molar refractivity (Wildman–Crippen MR) is 40.2 cm³/mol. The van der Waals surface area contributed by atoms with Crippen LogP contribution < -0.4 is 5.32 Å². The molecule has 0 atom stereocenters. The predicted octanol–water partition coefficient (Wildman–Crippen LogP) is 1.06. The molecular weight excluding hydrogens is 124 g/mol. The lowest BCUT2D eigenvalue weighted by Gasteiger charge is -2.16. The Bertz CT molecular complexity index is 176. The Morgan fingerprint density at radius 2 is 2.10 bits per heavy atom. The van der Waals surface area contributed by atoms with Crippen molar-refractivity contribution in [3.05, 3.63) is 24.2 Å². The van der Waals surface area contributed by atoms with Crippen molar-refractivity contribution in [2.24, 2.45) is 0 Å². The average Bonchev–Trinajstić information content (AvgIpc) is 2.59. The highest BCUT2D eigenvalue weighted by Crippen LogP contribution is 2.15. The van der Waals surface area contributed by atoms with Crippen LogP contribution in [0.4, 0.5) is 0 Å². The van der Waals surface area contributed by atoms with Gasteiger partial charge in [-0.2, -0.15) is 0 Å². The van der Waals surface area contributed by atoms with Crippen LogP contribution in [0.25, 0.3) is 0 Å². The van der Waals surface area contributed by atoms with E-state index in [1.54, 1.807) is 0 Å². The molecule has 0 aromatic heterocycles. The van der Waals surface area contributed by atoms with Crippen molar-refractivity contribution in [2.45, 2.75) is 12.8 Å². The third-order valence-electron chi connectivity index (χ3n) is 1.97. The molecule has 0 aliphatic carbocycles. The first-order valence-electron chi connectivity index (χ1n) is 3.79. The molecule has 10 heavy (non-hydrogen) atoms. The lowest BCUT2D eigenvalue weighted by Crippen LogP contribution is -2.21. The molecule has 1 radical (unpaired) electrons. The first-order valence-corrected chi connectivity index (χ1v) is 3.79. The topological polar surface area (TPSA) is 17.3 Å². The first-order chi connectivity index (χ1) is 4.97. The second-order valence-corrected chi connectivity index (χ2v) is 2.69. The minimum Gasteiger partial charge on any atom is -0.357 e. The molecular formula is C8H11N2. The van der Waals surface area contributed by atoms with Crippen LogP contribution in [0.5, 0.6) is 0 Å². The van der Waals surface area contributed by atoms with Crippen LogP contribution in [0.2, 0.25) is 0 Å². The maximum Gasteiger partial charge on any atom is 0.128 e. The molecule has 0 aromatic carbocycles. The van der Waals surface area contributed by atoms with Crippen molar-refractivity contribution in [2.75, 3.05) is 13.1 Å². The smallest absolute Gasteiger partial charge is 0.128 e. The van der Waals surface area contributed by atoms with E-state index < -0.39 is 0 Å². The highest BCUT2D eigenvalue weighted by atomic mass is 15.2. The molecule has 2 nitrogen and oxygen atoms in total. The van der Waals surface area contributed by atoms with Crippen LogP contribution in [0, 0.1) is 0 Å². The summed E-state index contributed by atoms with van der Waals surface area (Å²) < 4.78 is 0. The second kappa shape index (κ2) is 2.37. The van der Waals surface area contributed by atoms with Gasteiger partial charge in [0, 0.05) is 19.3 Å². The summed E-state index contributed by atoms with van der Waals surface area (Å²) in [5.41, 5.74) is 0. The molecule has 0 bridgehead atoms. The fourth-order valence-corrected chi connectivity index (χ4v) is 1.42. The van der Waals surface area contributed by atoms with E-state index in [9.17, 15) is 0 Å². The van der Waals surface area contributed by atoms with Crippen molar-refractivity contribution < 1.29 is 0 Å². The van der Waals surface area contributed by atoms with E-state index >= 15 is 0 Å². The van der Waals surface area contributed by atoms with Crippen LogP contribution in [-0.4, -0.2) is 18.0 Å². The molecule has 0 aromatic rings. The van der Waals surface area contributed by atoms with Gasteiger partial charge in [0.05, 0.1) is 0 Å². The van der Waals surface area contributed by atoms with E-state index in [1.165, 1.54) is 25.9 Å². The summed E-state index contributed by atoms with van der Waals surface area (Å²) in [4.78, 5) is 2.33. The molecule has 0 spiro atoms. The van der Waals surface area contributed by atoms with E-state index in [1.807, 2.05) is 12.3 Å². The van der Waals surface area contributed by atoms with Gasteiger partial charge in [-0.3, -0.25) is 0 Å². The van der Waals surface area contributed by atoms with Gasteiger partial charge in [0.15, 0.2) is 0 Å². The van der Waals surface area contributed by atoms with Crippen LogP contribution in [0.15, 0.2) is 24.2 Å². The Balaban J connectivity index is 1.99. The highest BCUT2D eigenvalue weighted by Gasteiger charge is 2.15. The zero-order valence-corrected chi connectivity index (χ0v) is 5.95. The van der Waals surface area contributed by atoms with E-state index in [0.29, 0.717) is 0 Å². The van der Waals surface area contributed by atoms with Crippen molar-refractivity contribution in [3.8, 4) is 0 Å². The third-order valence-corrected chi connectivity index (χ3v) is 1.97. The average molecular weight is 135 g/mol. The number of nitrogens with zero attached hydrogens (tertiary/aromatic N) is 2. The molecule has 0 N–H and O–H groups in total. The Morgan fingerprint density at radius 1 is 1.30 bits per heavy atom. The van der Waals surface area contributed by atoms with E-state index in [4.69, 9.17) is 0 Å². The van der Waals surface area contributed by atoms with Crippen LogP contribution >= 0.6 is 0 Å². The molecule has 2 aliphatic heterocycles. The van der Waals surface area contributed by atoms with Crippen LogP contribution in [0.1, 0.15) is 12.8 Å². The molecule has 2 heteroatoms. The molecule has 0 unspecified atom stereocenters. The van der Waals surface area contributed by atoms with Gasteiger partial charge in [0.1, 0.15) is 5.82 Å². The summed E-state index contributed by atoms with van der Waals surface area (Å²) in [5.74, 6) is 1.15. The van der Waals surface area contributed by atoms with Gasteiger partial charge in [-0.15, -0.1) is 0 Å². The molecule has 2 aliphatic rings. The van der Waals surface area contributed by atoms with Gasteiger partial charge < -0.3 is 4.90 Å².